The molecule has 0 aliphatic heterocycles. The van der Waals surface area contributed by atoms with Crippen LogP contribution >= 0.6 is 0 Å². The molecule has 1 fully saturated rings. The molecule has 1 aliphatic rings. The van der Waals surface area contributed by atoms with E-state index in [1.165, 1.54) is 12.1 Å². The third kappa shape index (κ3) is 2.49. The van der Waals surface area contributed by atoms with Crippen molar-refractivity contribution in [2.24, 2.45) is 0 Å². The molecular formula is C18H16F2O2S. The van der Waals surface area contributed by atoms with Crippen molar-refractivity contribution in [3.8, 4) is 0 Å². The Labute approximate surface area is 134 Å². The van der Waals surface area contributed by atoms with Crippen LogP contribution in [0.4, 0.5) is 8.78 Å². The van der Waals surface area contributed by atoms with Crippen LogP contribution in [0.2, 0.25) is 0 Å². The molecule has 0 bridgehead atoms. The summed E-state index contributed by atoms with van der Waals surface area (Å²) in [5.74, 6) is -1.43. The lowest BCUT2D eigenvalue weighted by atomic mass is 9.95. The van der Waals surface area contributed by atoms with Crippen molar-refractivity contribution in [3.05, 3.63) is 77.9 Å². The Morgan fingerprint density at radius 1 is 1.17 bits per heavy atom. The molecule has 120 valence electrons. The highest BCUT2D eigenvalue weighted by Crippen LogP contribution is 2.55. The van der Waals surface area contributed by atoms with Gasteiger partial charge in [0.15, 0.2) is 9.84 Å². The Balaban J connectivity index is 2.02. The maximum absolute atomic E-state index is 14.1. The highest BCUT2D eigenvalue weighted by Gasteiger charge is 2.61. The Bertz CT molecular complexity index is 872. The second kappa shape index (κ2) is 5.27. The number of hydrogen-bond acceptors (Lipinski definition) is 2. The first-order valence-electron chi connectivity index (χ1n) is 7.21. The highest BCUT2D eigenvalue weighted by atomic mass is 32.2. The predicted octanol–water partition coefficient (Wildman–Crippen LogP) is 3.94. The maximum atomic E-state index is 14.1. The highest BCUT2D eigenvalue weighted by molar-refractivity contribution is 7.92. The molecule has 1 saturated carbocycles. The minimum absolute atomic E-state index is 0.176. The number of hydrogen-bond donors (Lipinski definition) is 0. The van der Waals surface area contributed by atoms with Crippen molar-refractivity contribution in [3.63, 3.8) is 0 Å². The third-order valence-electron chi connectivity index (χ3n) is 4.46. The predicted molar refractivity (Wildman–Crippen MR) is 85.0 cm³/mol. The van der Waals surface area contributed by atoms with Crippen LogP contribution in [0, 0.1) is 18.6 Å². The molecule has 0 saturated heterocycles. The van der Waals surface area contributed by atoms with Gasteiger partial charge in [-0.05, 0) is 37.1 Å². The minimum atomic E-state index is -3.61. The van der Waals surface area contributed by atoms with E-state index in [9.17, 15) is 17.2 Å². The zero-order chi connectivity index (χ0) is 16.8. The zero-order valence-corrected chi connectivity index (χ0v) is 13.4. The molecule has 0 unspecified atom stereocenters. The molecule has 0 heterocycles. The summed E-state index contributed by atoms with van der Waals surface area (Å²) in [4.78, 5) is 0.208. The molecule has 0 radical (unpaired) electrons. The summed E-state index contributed by atoms with van der Waals surface area (Å²) in [5, 5.41) is -0.782. The summed E-state index contributed by atoms with van der Waals surface area (Å²) in [6, 6.07) is 9.77. The molecule has 23 heavy (non-hydrogen) atoms. The first-order valence-corrected chi connectivity index (χ1v) is 8.75. The molecule has 2 aromatic rings. The average Bonchev–Trinajstić information content (AvgIpc) is 3.24. The van der Waals surface area contributed by atoms with Gasteiger partial charge in [0.25, 0.3) is 0 Å². The number of benzene rings is 2. The molecule has 1 aliphatic carbocycles. The van der Waals surface area contributed by atoms with Gasteiger partial charge in [-0.2, -0.15) is 0 Å². The molecule has 3 rings (SSSR count). The summed E-state index contributed by atoms with van der Waals surface area (Å²) in [7, 11) is -3.61. The van der Waals surface area contributed by atoms with E-state index in [1.54, 1.807) is 24.3 Å². The lowest BCUT2D eigenvalue weighted by molar-refractivity contribution is 0.562. The van der Waals surface area contributed by atoms with Crippen LogP contribution in [0.25, 0.3) is 0 Å². The maximum Gasteiger partial charge on any atom is 0.182 e. The van der Waals surface area contributed by atoms with Crippen molar-refractivity contribution in [1.82, 2.24) is 0 Å². The Kier molecular flexibility index (Phi) is 3.64. The van der Waals surface area contributed by atoms with Gasteiger partial charge in [0.1, 0.15) is 11.6 Å². The number of rotatable bonds is 4. The van der Waals surface area contributed by atoms with Gasteiger partial charge in [-0.15, -0.1) is 6.58 Å². The van der Waals surface area contributed by atoms with E-state index in [4.69, 9.17) is 0 Å². The van der Waals surface area contributed by atoms with Crippen LogP contribution in [0.1, 0.15) is 17.5 Å². The Morgan fingerprint density at radius 2 is 1.83 bits per heavy atom. The van der Waals surface area contributed by atoms with Gasteiger partial charge in [0, 0.05) is 11.5 Å². The average molecular weight is 334 g/mol. The summed E-state index contributed by atoms with van der Waals surface area (Å²) >= 11 is 0. The smallest absolute Gasteiger partial charge is 0.182 e. The number of aryl methyl sites for hydroxylation is 1. The first kappa shape index (κ1) is 15.9. The molecule has 2 nitrogen and oxygen atoms in total. The summed E-state index contributed by atoms with van der Waals surface area (Å²) in [6.45, 7) is 5.55. The number of allylic oxidation sites excluding steroid dienone is 1. The van der Waals surface area contributed by atoms with E-state index >= 15 is 0 Å². The topological polar surface area (TPSA) is 34.1 Å². The van der Waals surface area contributed by atoms with Gasteiger partial charge in [-0.25, -0.2) is 17.2 Å². The Morgan fingerprint density at radius 3 is 2.39 bits per heavy atom. The Hall–Kier alpha value is -2.01. The fraction of sp³-hybridized carbons (Fsp3) is 0.222. The van der Waals surface area contributed by atoms with Gasteiger partial charge in [-0.1, -0.05) is 29.8 Å². The van der Waals surface area contributed by atoms with Crippen molar-refractivity contribution >= 4 is 9.84 Å². The summed E-state index contributed by atoms with van der Waals surface area (Å²) in [5.41, 5.74) is 0.135. The third-order valence-corrected chi connectivity index (χ3v) is 6.72. The van der Waals surface area contributed by atoms with E-state index in [1.807, 2.05) is 6.92 Å². The molecular weight excluding hydrogens is 318 g/mol. The van der Waals surface area contributed by atoms with Crippen molar-refractivity contribution in [2.75, 3.05) is 0 Å². The molecule has 0 N–H and O–H groups in total. The van der Waals surface area contributed by atoms with Gasteiger partial charge >= 0.3 is 0 Å². The van der Waals surface area contributed by atoms with E-state index in [-0.39, 0.29) is 16.9 Å². The van der Waals surface area contributed by atoms with Crippen LogP contribution in [0.5, 0.6) is 0 Å². The molecule has 2 aromatic carbocycles. The lowest BCUT2D eigenvalue weighted by Crippen LogP contribution is -2.19. The first-order chi connectivity index (χ1) is 10.8. The van der Waals surface area contributed by atoms with Crippen molar-refractivity contribution < 1.29 is 17.2 Å². The van der Waals surface area contributed by atoms with Gasteiger partial charge in [-0.3, -0.25) is 0 Å². The number of sulfone groups is 1. The quantitative estimate of drug-likeness (QED) is 0.794. The normalized spacial score (nSPS) is 23.5. The standard InChI is InChI=1S/C18H16F2O2S/c1-3-18(15-9-6-13(19)10-16(15)20)11-17(18)23(21,22)14-7-4-12(2)5-8-14/h3-10,17H,1,11H2,2H3/t17-,18+/m0/s1. The van der Waals surface area contributed by atoms with Crippen LogP contribution < -0.4 is 0 Å². The van der Waals surface area contributed by atoms with Crippen LogP contribution in [0.15, 0.2) is 60.0 Å². The second-order valence-electron chi connectivity index (χ2n) is 5.92. The zero-order valence-electron chi connectivity index (χ0n) is 12.6. The fourth-order valence-corrected chi connectivity index (χ4v) is 5.12. The monoisotopic (exact) mass is 334 g/mol. The molecule has 5 heteroatoms. The van der Waals surface area contributed by atoms with Crippen LogP contribution in [-0.2, 0) is 15.3 Å². The van der Waals surface area contributed by atoms with Crippen molar-refractivity contribution in [2.45, 2.75) is 28.9 Å². The van der Waals surface area contributed by atoms with E-state index in [0.29, 0.717) is 0 Å². The molecule has 0 aromatic heterocycles. The van der Waals surface area contributed by atoms with E-state index in [2.05, 4.69) is 6.58 Å². The van der Waals surface area contributed by atoms with Crippen LogP contribution in [-0.4, -0.2) is 13.7 Å². The fourth-order valence-electron chi connectivity index (χ4n) is 3.00. The lowest BCUT2D eigenvalue weighted by Gasteiger charge is -2.15. The second-order valence-corrected chi connectivity index (χ2v) is 8.05. The van der Waals surface area contributed by atoms with Gasteiger partial charge in [0.2, 0.25) is 0 Å². The summed E-state index contributed by atoms with van der Waals surface area (Å²) < 4.78 is 52.8. The van der Waals surface area contributed by atoms with Gasteiger partial charge < -0.3 is 0 Å². The van der Waals surface area contributed by atoms with E-state index < -0.39 is 32.1 Å². The molecule has 0 amide bonds. The molecule has 2 atom stereocenters. The van der Waals surface area contributed by atoms with E-state index in [0.717, 1.165) is 17.7 Å². The van der Waals surface area contributed by atoms with Gasteiger partial charge in [0.05, 0.1) is 10.1 Å². The SMILES string of the molecule is C=C[C@]1(c2ccc(F)cc2F)C[C@@H]1S(=O)(=O)c1ccc(C)cc1. The number of halogens is 2. The molecule has 0 spiro atoms. The van der Waals surface area contributed by atoms with Crippen molar-refractivity contribution in [1.29, 1.82) is 0 Å². The summed E-state index contributed by atoms with van der Waals surface area (Å²) in [6.07, 6.45) is 1.70. The largest absolute Gasteiger partial charge is 0.223 e. The minimum Gasteiger partial charge on any atom is -0.223 e. The van der Waals surface area contributed by atoms with Crippen LogP contribution in [0.3, 0.4) is 0 Å².